The van der Waals surface area contributed by atoms with E-state index in [4.69, 9.17) is 11.6 Å². The molecule has 1 aromatic rings. The molecule has 15 heavy (non-hydrogen) atoms. The summed E-state index contributed by atoms with van der Waals surface area (Å²) in [6, 6.07) is 5.20. The lowest BCUT2D eigenvalue weighted by Crippen LogP contribution is -2.27. The smallest absolute Gasteiger partial charge is 0.246 e. The molecule has 1 atom stereocenters. The molecule has 0 radical (unpaired) electrons. The second kappa shape index (κ2) is 4.21. The second-order valence-corrected chi connectivity index (χ2v) is 4.04. The summed E-state index contributed by atoms with van der Waals surface area (Å²) in [5, 5.41) is 6.68. The van der Waals surface area contributed by atoms with Gasteiger partial charge < -0.3 is 10.6 Å². The highest BCUT2D eigenvalue weighted by Gasteiger charge is 2.29. The summed E-state index contributed by atoms with van der Waals surface area (Å²) in [5.74, 6) is 0.000664. The molecule has 1 amide bonds. The first-order chi connectivity index (χ1) is 7.22. The van der Waals surface area contributed by atoms with Crippen LogP contribution >= 0.6 is 11.6 Å². The lowest BCUT2D eigenvalue weighted by Gasteiger charge is -2.10. The summed E-state index contributed by atoms with van der Waals surface area (Å²) >= 11 is 5.90. The van der Waals surface area contributed by atoms with Crippen LogP contribution in [0.1, 0.15) is 24.9 Å². The van der Waals surface area contributed by atoms with Gasteiger partial charge in [0.1, 0.15) is 6.04 Å². The van der Waals surface area contributed by atoms with Crippen molar-refractivity contribution in [1.82, 2.24) is 5.32 Å². The summed E-state index contributed by atoms with van der Waals surface area (Å²) in [6.07, 6.45) is 1.000. The second-order valence-electron chi connectivity index (χ2n) is 3.61. The quantitative estimate of drug-likeness (QED) is 0.828. The van der Waals surface area contributed by atoms with Crippen molar-refractivity contribution in [3.63, 3.8) is 0 Å². The van der Waals surface area contributed by atoms with Gasteiger partial charge in [-0.3, -0.25) is 4.79 Å². The Balaban J connectivity index is 2.27. The fraction of sp³-hybridized carbons (Fsp3) is 0.364. The van der Waals surface area contributed by atoms with E-state index in [9.17, 15) is 4.79 Å². The molecule has 1 aliphatic heterocycles. The number of amides is 1. The molecule has 0 bridgehead atoms. The van der Waals surface area contributed by atoms with Gasteiger partial charge in [0.15, 0.2) is 0 Å². The van der Waals surface area contributed by atoms with Gasteiger partial charge >= 0.3 is 0 Å². The molecule has 1 heterocycles. The Bertz CT molecular complexity index is 392. The molecule has 1 aliphatic rings. The number of benzene rings is 1. The van der Waals surface area contributed by atoms with E-state index in [2.05, 4.69) is 17.6 Å². The fourth-order valence-electron chi connectivity index (χ4n) is 1.72. The summed E-state index contributed by atoms with van der Waals surface area (Å²) in [5.41, 5.74) is 1.80. The SMILES string of the molecule is CCCNC1C(=O)Nc2ccc(Cl)cc21. The van der Waals surface area contributed by atoms with E-state index in [1.54, 1.807) is 6.07 Å². The minimum absolute atomic E-state index is 0.000664. The zero-order chi connectivity index (χ0) is 10.8. The lowest BCUT2D eigenvalue weighted by atomic mass is 10.1. The van der Waals surface area contributed by atoms with Crippen molar-refractivity contribution in [2.45, 2.75) is 19.4 Å². The van der Waals surface area contributed by atoms with E-state index < -0.39 is 0 Å². The monoisotopic (exact) mass is 224 g/mol. The van der Waals surface area contributed by atoms with Crippen LogP contribution in [-0.4, -0.2) is 12.5 Å². The van der Waals surface area contributed by atoms with Crippen molar-refractivity contribution in [1.29, 1.82) is 0 Å². The molecule has 0 aliphatic carbocycles. The van der Waals surface area contributed by atoms with Crippen LogP contribution in [0.3, 0.4) is 0 Å². The number of fused-ring (bicyclic) bond motifs is 1. The zero-order valence-electron chi connectivity index (χ0n) is 8.51. The molecule has 80 valence electrons. The van der Waals surface area contributed by atoms with Crippen LogP contribution in [-0.2, 0) is 4.79 Å². The van der Waals surface area contributed by atoms with Crippen LogP contribution in [0.15, 0.2) is 18.2 Å². The van der Waals surface area contributed by atoms with Gasteiger partial charge in [-0.05, 0) is 31.2 Å². The van der Waals surface area contributed by atoms with Gasteiger partial charge in [0.25, 0.3) is 0 Å². The van der Waals surface area contributed by atoms with Crippen LogP contribution in [0.5, 0.6) is 0 Å². The Morgan fingerprint density at radius 3 is 3.07 bits per heavy atom. The van der Waals surface area contributed by atoms with Gasteiger partial charge in [0.05, 0.1) is 0 Å². The summed E-state index contributed by atoms with van der Waals surface area (Å²) in [6.45, 7) is 2.89. The van der Waals surface area contributed by atoms with E-state index in [-0.39, 0.29) is 11.9 Å². The Labute approximate surface area is 93.8 Å². The molecular weight excluding hydrogens is 212 g/mol. The lowest BCUT2D eigenvalue weighted by molar-refractivity contribution is -0.117. The van der Waals surface area contributed by atoms with Crippen LogP contribution < -0.4 is 10.6 Å². The van der Waals surface area contributed by atoms with Crippen LogP contribution in [0.4, 0.5) is 5.69 Å². The molecule has 0 saturated carbocycles. The van der Waals surface area contributed by atoms with Crippen molar-refractivity contribution in [2.75, 3.05) is 11.9 Å². The van der Waals surface area contributed by atoms with Gasteiger partial charge in [-0.25, -0.2) is 0 Å². The van der Waals surface area contributed by atoms with Crippen molar-refractivity contribution in [2.24, 2.45) is 0 Å². The molecule has 3 nitrogen and oxygen atoms in total. The average molecular weight is 225 g/mol. The van der Waals surface area contributed by atoms with Gasteiger partial charge in [0.2, 0.25) is 5.91 Å². The molecule has 0 spiro atoms. The van der Waals surface area contributed by atoms with Crippen LogP contribution in [0.25, 0.3) is 0 Å². The average Bonchev–Trinajstić information content (AvgIpc) is 2.51. The minimum Gasteiger partial charge on any atom is -0.324 e. The molecular formula is C11H13ClN2O. The molecule has 2 rings (SSSR count). The first-order valence-electron chi connectivity index (χ1n) is 5.06. The van der Waals surface area contributed by atoms with Crippen LogP contribution in [0, 0.1) is 0 Å². The first-order valence-corrected chi connectivity index (χ1v) is 5.44. The normalized spacial score (nSPS) is 18.8. The summed E-state index contributed by atoms with van der Waals surface area (Å²) in [4.78, 5) is 11.6. The van der Waals surface area contributed by atoms with Gasteiger partial charge in [0, 0.05) is 16.3 Å². The third kappa shape index (κ3) is 1.98. The summed E-state index contributed by atoms with van der Waals surface area (Å²) in [7, 11) is 0. The number of hydrogen-bond donors (Lipinski definition) is 2. The van der Waals surface area contributed by atoms with Crippen molar-refractivity contribution in [3.05, 3.63) is 28.8 Å². The Morgan fingerprint density at radius 1 is 1.53 bits per heavy atom. The number of rotatable bonds is 3. The largest absolute Gasteiger partial charge is 0.324 e. The van der Waals surface area contributed by atoms with Crippen LogP contribution in [0.2, 0.25) is 5.02 Å². The van der Waals surface area contributed by atoms with E-state index in [0.717, 1.165) is 24.2 Å². The van der Waals surface area contributed by atoms with Gasteiger partial charge in [-0.2, -0.15) is 0 Å². The third-order valence-corrected chi connectivity index (χ3v) is 2.68. The number of carbonyl (C=O) groups excluding carboxylic acids is 1. The minimum atomic E-state index is -0.251. The molecule has 0 saturated heterocycles. The maximum Gasteiger partial charge on any atom is 0.246 e. The Kier molecular flexibility index (Phi) is 2.93. The first kappa shape index (κ1) is 10.5. The topological polar surface area (TPSA) is 41.1 Å². The number of halogens is 1. The Hall–Kier alpha value is -1.06. The molecule has 0 fully saturated rings. The molecule has 0 aromatic heterocycles. The maximum atomic E-state index is 11.6. The van der Waals surface area contributed by atoms with Crippen molar-refractivity contribution < 1.29 is 4.79 Å². The predicted octanol–water partition coefficient (Wildman–Crippen LogP) is 2.33. The number of carbonyl (C=O) groups is 1. The number of anilines is 1. The van der Waals surface area contributed by atoms with Gasteiger partial charge in [-0.1, -0.05) is 18.5 Å². The van der Waals surface area contributed by atoms with Crippen molar-refractivity contribution in [3.8, 4) is 0 Å². The van der Waals surface area contributed by atoms with E-state index >= 15 is 0 Å². The molecule has 1 aromatic carbocycles. The van der Waals surface area contributed by atoms with E-state index in [0.29, 0.717) is 5.02 Å². The standard InChI is InChI=1S/C11H13ClN2O/c1-2-5-13-10-8-6-7(12)3-4-9(8)14-11(10)15/h3-4,6,10,13H,2,5H2,1H3,(H,14,15). The highest BCUT2D eigenvalue weighted by Crippen LogP contribution is 2.32. The van der Waals surface area contributed by atoms with Crippen molar-refractivity contribution >= 4 is 23.2 Å². The summed E-state index contributed by atoms with van der Waals surface area (Å²) < 4.78 is 0. The van der Waals surface area contributed by atoms with E-state index in [1.807, 2.05) is 12.1 Å². The number of hydrogen-bond acceptors (Lipinski definition) is 2. The highest BCUT2D eigenvalue weighted by molar-refractivity contribution is 6.31. The fourth-order valence-corrected chi connectivity index (χ4v) is 1.90. The van der Waals surface area contributed by atoms with E-state index in [1.165, 1.54) is 0 Å². The third-order valence-electron chi connectivity index (χ3n) is 2.44. The maximum absolute atomic E-state index is 11.6. The molecule has 1 unspecified atom stereocenters. The Morgan fingerprint density at radius 2 is 2.33 bits per heavy atom. The zero-order valence-corrected chi connectivity index (χ0v) is 9.27. The highest BCUT2D eigenvalue weighted by atomic mass is 35.5. The molecule has 2 N–H and O–H groups in total. The van der Waals surface area contributed by atoms with Gasteiger partial charge in [-0.15, -0.1) is 0 Å². The predicted molar refractivity (Wildman–Crippen MR) is 61.1 cm³/mol. The molecule has 4 heteroatoms. The number of nitrogens with one attached hydrogen (secondary N) is 2.